The van der Waals surface area contributed by atoms with Gasteiger partial charge in [-0.05, 0) is 71.8 Å². The lowest BCUT2D eigenvalue weighted by Gasteiger charge is -2.34. The Hall–Kier alpha value is -1.76. The second-order valence-electron chi connectivity index (χ2n) is 10.4. The molecule has 1 unspecified atom stereocenters. The van der Waals surface area contributed by atoms with E-state index in [1.54, 1.807) is 0 Å². The van der Waals surface area contributed by atoms with E-state index in [-0.39, 0.29) is 10.8 Å². The second kappa shape index (κ2) is 8.17. The van der Waals surface area contributed by atoms with Gasteiger partial charge >= 0.3 is 0 Å². The van der Waals surface area contributed by atoms with Gasteiger partial charge in [0.05, 0.1) is 0 Å². The summed E-state index contributed by atoms with van der Waals surface area (Å²) in [6.07, 6.45) is 4.69. The highest BCUT2D eigenvalue weighted by molar-refractivity contribution is 5.61. The molecule has 2 aromatic rings. The van der Waals surface area contributed by atoms with Gasteiger partial charge in [-0.3, -0.25) is 0 Å². The Morgan fingerprint density at radius 2 is 1.59 bits per heavy atom. The predicted molar refractivity (Wildman–Crippen MR) is 128 cm³/mol. The molecule has 0 saturated carbocycles. The predicted octanol–water partition coefficient (Wildman–Crippen LogP) is 7.71. The number of anilines is 1. The lowest BCUT2D eigenvalue weighted by atomic mass is 9.75. The molecule has 0 amide bonds. The third kappa shape index (κ3) is 4.25. The van der Waals surface area contributed by atoms with Gasteiger partial charge in [0, 0.05) is 18.3 Å². The molecule has 0 fully saturated rings. The van der Waals surface area contributed by atoms with Gasteiger partial charge in [-0.1, -0.05) is 84.4 Å². The molecule has 0 N–H and O–H groups in total. The van der Waals surface area contributed by atoms with Crippen molar-refractivity contribution in [2.24, 2.45) is 0 Å². The van der Waals surface area contributed by atoms with Crippen LogP contribution >= 0.6 is 0 Å². The van der Waals surface area contributed by atoms with Crippen LogP contribution in [-0.2, 0) is 23.8 Å². The fourth-order valence-corrected chi connectivity index (χ4v) is 4.64. The third-order valence-electron chi connectivity index (χ3n) is 7.64. The van der Waals surface area contributed by atoms with Crippen LogP contribution in [0.4, 0.5) is 5.69 Å². The smallest absolute Gasteiger partial charge is 0.0435 e. The molecule has 1 aliphatic heterocycles. The summed E-state index contributed by atoms with van der Waals surface area (Å²) < 4.78 is 0. The Kier molecular flexibility index (Phi) is 6.18. The van der Waals surface area contributed by atoms with Gasteiger partial charge in [-0.2, -0.15) is 0 Å². The van der Waals surface area contributed by atoms with E-state index in [1.807, 2.05) is 0 Å². The van der Waals surface area contributed by atoms with Gasteiger partial charge in [-0.25, -0.2) is 0 Å². The van der Waals surface area contributed by atoms with Crippen molar-refractivity contribution in [3.63, 3.8) is 0 Å². The van der Waals surface area contributed by atoms with Crippen LogP contribution in [0.1, 0.15) is 95.5 Å². The topological polar surface area (TPSA) is 3.24 Å². The first kappa shape index (κ1) is 21.9. The highest BCUT2D eigenvalue weighted by atomic mass is 15.2. The summed E-state index contributed by atoms with van der Waals surface area (Å²) in [6.45, 7) is 19.7. The minimum atomic E-state index is 0.187. The molecule has 0 bridgehead atoms. The summed E-state index contributed by atoms with van der Waals surface area (Å²) in [5.41, 5.74) is 9.27. The zero-order valence-corrected chi connectivity index (χ0v) is 20.0. The van der Waals surface area contributed by atoms with Crippen LogP contribution in [-0.4, -0.2) is 6.04 Å². The van der Waals surface area contributed by atoms with Gasteiger partial charge in [0.15, 0.2) is 0 Å². The Morgan fingerprint density at radius 1 is 0.897 bits per heavy atom. The lowest BCUT2D eigenvalue weighted by Crippen LogP contribution is -2.32. The molecule has 2 aromatic carbocycles. The highest BCUT2D eigenvalue weighted by Crippen LogP contribution is 2.39. The Morgan fingerprint density at radius 3 is 2.21 bits per heavy atom. The first-order chi connectivity index (χ1) is 13.6. The molecule has 0 radical (unpaired) electrons. The molecule has 1 atom stereocenters. The summed E-state index contributed by atoms with van der Waals surface area (Å²) in [5, 5.41) is 0. The van der Waals surface area contributed by atoms with E-state index in [9.17, 15) is 0 Å². The van der Waals surface area contributed by atoms with E-state index in [2.05, 4.69) is 96.7 Å². The molecule has 0 saturated heterocycles. The van der Waals surface area contributed by atoms with Crippen molar-refractivity contribution < 1.29 is 0 Å². The molecular formula is C28H41N. The van der Waals surface area contributed by atoms with E-state index >= 15 is 0 Å². The van der Waals surface area contributed by atoms with Gasteiger partial charge in [0.1, 0.15) is 0 Å². The van der Waals surface area contributed by atoms with E-state index in [0.717, 1.165) is 19.4 Å². The molecule has 3 rings (SSSR count). The maximum atomic E-state index is 2.67. The number of rotatable bonds is 7. The summed E-state index contributed by atoms with van der Waals surface area (Å²) >= 11 is 0. The number of benzene rings is 2. The van der Waals surface area contributed by atoms with Gasteiger partial charge in [0.2, 0.25) is 0 Å². The molecule has 29 heavy (non-hydrogen) atoms. The number of fused-ring (bicyclic) bond motifs is 1. The fraction of sp³-hybridized carbons (Fsp3) is 0.571. The number of nitrogens with zero attached hydrogens (tertiary/aromatic N) is 1. The summed E-state index contributed by atoms with van der Waals surface area (Å²) in [5.74, 6) is 0. The molecule has 1 heterocycles. The summed E-state index contributed by atoms with van der Waals surface area (Å²) in [7, 11) is 0. The Balaban J connectivity index is 2.04. The van der Waals surface area contributed by atoms with Crippen LogP contribution < -0.4 is 4.90 Å². The van der Waals surface area contributed by atoms with Gasteiger partial charge < -0.3 is 4.90 Å². The zero-order valence-electron chi connectivity index (χ0n) is 20.0. The Bertz CT molecular complexity index is 859. The number of hydrogen-bond donors (Lipinski definition) is 0. The van der Waals surface area contributed by atoms with E-state index in [1.165, 1.54) is 46.3 Å². The second-order valence-corrected chi connectivity index (χ2v) is 10.4. The van der Waals surface area contributed by atoms with Crippen LogP contribution in [0.25, 0.3) is 0 Å². The molecule has 0 aliphatic carbocycles. The van der Waals surface area contributed by atoms with Crippen LogP contribution in [0, 0.1) is 6.92 Å². The lowest BCUT2D eigenvalue weighted by molar-refractivity contribution is 0.483. The van der Waals surface area contributed by atoms with Crippen molar-refractivity contribution in [1.29, 1.82) is 0 Å². The van der Waals surface area contributed by atoms with Gasteiger partial charge in [0.25, 0.3) is 0 Å². The first-order valence-corrected chi connectivity index (χ1v) is 11.6. The summed E-state index contributed by atoms with van der Waals surface area (Å²) in [4.78, 5) is 2.67. The van der Waals surface area contributed by atoms with Crippen LogP contribution in [0.3, 0.4) is 0 Å². The molecule has 1 heteroatoms. The number of hydrogen-bond acceptors (Lipinski definition) is 1. The zero-order chi connectivity index (χ0) is 21.4. The minimum absolute atomic E-state index is 0.187. The average molecular weight is 392 g/mol. The molecule has 1 aliphatic rings. The first-order valence-electron chi connectivity index (χ1n) is 11.6. The standard InChI is InChI=1S/C28H41N/c1-9-24-17-22-16-20(4)12-15-26(22)29(24)19-21-13-14-23(27(5,6)10-2)18-25(21)28(7,8)11-3/h12-16,18,24H,9-11,17,19H2,1-8H3. The van der Waals surface area contributed by atoms with E-state index in [4.69, 9.17) is 0 Å². The minimum Gasteiger partial charge on any atom is -0.364 e. The molecule has 0 aromatic heterocycles. The normalized spacial score (nSPS) is 17.0. The molecule has 158 valence electrons. The fourth-order valence-electron chi connectivity index (χ4n) is 4.64. The van der Waals surface area contributed by atoms with E-state index in [0.29, 0.717) is 6.04 Å². The maximum Gasteiger partial charge on any atom is 0.0435 e. The highest BCUT2D eigenvalue weighted by Gasteiger charge is 2.31. The van der Waals surface area contributed by atoms with Crippen molar-refractivity contribution in [2.75, 3.05) is 4.90 Å². The van der Waals surface area contributed by atoms with Crippen molar-refractivity contribution >= 4 is 5.69 Å². The van der Waals surface area contributed by atoms with Crippen molar-refractivity contribution in [2.45, 2.75) is 104 Å². The monoisotopic (exact) mass is 391 g/mol. The molecule has 0 spiro atoms. The molecular weight excluding hydrogens is 350 g/mol. The van der Waals surface area contributed by atoms with Crippen LogP contribution in [0.5, 0.6) is 0 Å². The van der Waals surface area contributed by atoms with Crippen molar-refractivity contribution in [3.8, 4) is 0 Å². The molecule has 1 nitrogen and oxygen atoms in total. The van der Waals surface area contributed by atoms with Crippen LogP contribution in [0.15, 0.2) is 36.4 Å². The number of aryl methyl sites for hydroxylation is 1. The maximum absolute atomic E-state index is 2.67. The van der Waals surface area contributed by atoms with Gasteiger partial charge in [-0.15, -0.1) is 0 Å². The van der Waals surface area contributed by atoms with E-state index < -0.39 is 0 Å². The third-order valence-corrected chi connectivity index (χ3v) is 7.64. The van der Waals surface area contributed by atoms with Crippen LogP contribution in [0.2, 0.25) is 0 Å². The largest absolute Gasteiger partial charge is 0.364 e. The quantitative estimate of drug-likeness (QED) is 0.467. The average Bonchev–Trinajstić information content (AvgIpc) is 3.04. The van der Waals surface area contributed by atoms with Crippen molar-refractivity contribution in [3.05, 3.63) is 64.2 Å². The Labute approximate surface area is 179 Å². The SMILES string of the molecule is CCC1Cc2cc(C)ccc2N1Cc1ccc(C(C)(C)CC)cc1C(C)(C)CC. The van der Waals surface area contributed by atoms with Crippen molar-refractivity contribution in [1.82, 2.24) is 0 Å². The summed E-state index contributed by atoms with van der Waals surface area (Å²) in [6, 6.07) is 15.0.